The monoisotopic (exact) mass is 1790 g/mol. The molecular formula is C89H89F5N20O8S4. The Bertz CT molecular complexity index is 7100. The van der Waals surface area contributed by atoms with Crippen molar-refractivity contribution in [1.29, 1.82) is 0 Å². The van der Waals surface area contributed by atoms with Crippen LogP contribution in [0.2, 0.25) is 0 Å². The number of pyridine rings is 4. The molecule has 0 spiro atoms. The third-order valence-corrected chi connectivity index (χ3v) is 31.9. The molecule has 4 fully saturated rings. The van der Waals surface area contributed by atoms with E-state index in [0.717, 1.165) is 133 Å². The topological polar surface area (TPSA) is 336 Å². The molecule has 0 bridgehead atoms. The Morgan fingerprint density at radius 3 is 0.976 bits per heavy atom. The molecule has 8 atom stereocenters. The summed E-state index contributed by atoms with van der Waals surface area (Å²) in [6.07, 6.45) is 24.9. The fourth-order valence-corrected chi connectivity index (χ4v) is 24.8. The fourth-order valence-electron chi connectivity index (χ4n) is 17.8. The van der Waals surface area contributed by atoms with Gasteiger partial charge in [-0.05, 0) is 241 Å². The zero-order chi connectivity index (χ0) is 88.1. The Morgan fingerprint density at radius 1 is 0.333 bits per heavy atom. The highest BCUT2D eigenvalue weighted by molar-refractivity contribution is 7.90. The number of hydrogen-bond donors (Lipinski definition) is 4. The van der Waals surface area contributed by atoms with Gasteiger partial charge in [0.25, 0.3) is 0 Å². The Kier molecular flexibility index (Phi) is 24.1. The maximum Gasteiger partial charge on any atom is 0.246 e. The number of aryl methyl sites for hydroxylation is 1. The number of benzene rings is 4. The van der Waals surface area contributed by atoms with E-state index in [0.29, 0.717) is 57.8 Å². The standard InChI is InChI=1S/C23H24FN5O2S.C22H21F2N5O2S.2C22H22FN5O2S/c1-15-9-19(3-4-20(15)24)32(30,31)29-14-17(10-16(29)2)13-28-8-7-22-23(28)6-5-21(27-22)18-11-25-26-12-18;1-14-8-15(13-29(14)32(30,31)22-9-17(23)2-3-18(22)24)12-28-7-6-20-21(28)5-4-19(27-20)16-10-25-26-11-16;1-15-10-16(14-28(15)31(29,30)19-4-2-18(23)3-5-19)13-27-9-8-21-22(27)7-6-20(26-21)17-11-24-25-12-17;1-15-9-16(14-28(15)31(29,30)19-4-2-3-18(23)10-19)13-27-8-7-21-22(27)6-5-20(26-21)17-11-24-25-12-17/h3-9,11-12,16-17H,10,13-14H2,1-2H3,(H,25,26);2-7,9-11,14-15H,8,12-13H2,1H3,(H,25,26);2-9,11-12,15-16H,10,13-14H2,1H3,(H,24,25);2-8,10-12,15-16H,9,13-14H2,1H3,(H,24,25)/t16-,17?;14-,15?;2*15-,16?/m1100/s1. The summed E-state index contributed by atoms with van der Waals surface area (Å²) in [4.78, 5) is 18.5. The van der Waals surface area contributed by atoms with Crippen LogP contribution in [0.3, 0.4) is 0 Å². The molecule has 4 aromatic carbocycles. The highest BCUT2D eigenvalue weighted by Crippen LogP contribution is 2.39. The van der Waals surface area contributed by atoms with E-state index in [1.807, 2.05) is 125 Å². The van der Waals surface area contributed by atoms with Crippen molar-refractivity contribution in [1.82, 2.24) is 96.2 Å². The van der Waals surface area contributed by atoms with E-state index < -0.39 is 74.1 Å². The van der Waals surface area contributed by atoms with Crippen molar-refractivity contribution in [2.75, 3.05) is 26.2 Å². The highest BCUT2D eigenvalue weighted by Gasteiger charge is 2.43. The molecule has 20 rings (SSSR count). The van der Waals surface area contributed by atoms with Crippen LogP contribution >= 0.6 is 0 Å². The molecule has 4 N–H and O–H groups in total. The fraction of sp³-hybridized carbons (Fsp3) is 0.281. The number of aromatic amines is 4. The molecule has 0 saturated carbocycles. The molecule has 16 heterocycles. The van der Waals surface area contributed by atoms with Gasteiger partial charge in [-0.2, -0.15) is 37.6 Å². The van der Waals surface area contributed by atoms with E-state index in [9.17, 15) is 55.6 Å². The summed E-state index contributed by atoms with van der Waals surface area (Å²) in [6.45, 7) is 13.3. The molecule has 0 aliphatic carbocycles. The van der Waals surface area contributed by atoms with Crippen LogP contribution < -0.4 is 0 Å². The zero-order valence-corrected chi connectivity index (χ0v) is 72.3. The van der Waals surface area contributed by atoms with Crippen LogP contribution in [0.4, 0.5) is 22.0 Å². The Morgan fingerprint density at radius 2 is 0.643 bits per heavy atom. The second-order valence-corrected chi connectivity index (χ2v) is 40.3. The summed E-state index contributed by atoms with van der Waals surface area (Å²) in [6, 6.07) is 39.8. The minimum Gasteiger partial charge on any atom is -0.346 e. The molecule has 37 heteroatoms. The van der Waals surface area contributed by atoms with Crippen LogP contribution in [-0.2, 0) is 66.3 Å². The van der Waals surface area contributed by atoms with Crippen molar-refractivity contribution in [3.63, 3.8) is 0 Å². The SMILES string of the molecule is C[C@@H]1CC(Cn2ccc3nc(-c4cn[nH]c4)ccc32)CN1S(=O)(=O)c1cc(F)ccc1F.C[C@H]1CC(Cn2ccc3nc(-c4cn[nH]c4)ccc32)CN1S(=O)(=O)c1ccc(F)cc1.C[C@H]1CC(Cn2ccc3nc(-c4cn[nH]c4)ccc32)CN1S(=O)(=O)c1cccc(F)c1.Cc1cc(S(=O)(=O)N2CC(Cn3ccc4nc(-c5cn[nH]c5)ccc43)C[C@H]2C)ccc1F. The molecule has 0 radical (unpaired) electrons. The minimum absolute atomic E-state index is 0.00221. The highest BCUT2D eigenvalue weighted by atomic mass is 32.2. The Labute approximate surface area is 723 Å². The van der Waals surface area contributed by atoms with Crippen LogP contribution in [0.5, 0.6) is 0 Å². The van der Waals surface area contributed by atoms with E-state index >= 15 is 0 Å². The lowest BCUT2D eigenvalue weighted by molar-refractivity contribution is 0.395. The van der Waals surface area contributed by atoms with Gasteiger partial charge < -0.3 is 18.3 Å². The lowest BCUT2D eigenvalue weighted by Gasteiger charge is -2.21. The third-order valence-electron chi connectivity index (χ3n) is 23.9. The molecule has 4 aliphatic rings. The number of sulfonamides is 4. The molecule has 126 heavy (non-hydrogen) atoms. The average molecular weight is 1790 g/mol. The number of H-pyrrole nitrogens is 4. The quantitative estimate of drug-likeness (QED) is 0.0515. The van der Waals surface area contributed by atoms with Gasteiger partial charge >= 0.3 is 0 Å². The second-order valence-electron chi connectivity index (χ2n) is 32.7. The number of rotatable bonds is 20. The zero-order valence-electron chi connectivity index (χ0n) is 69.0. The van der Waals surface area contributed by atoms with Crippen molar-refractivity contribution in [3.8, 4) is 45.0 Å². The van der Waals surface area contributed by atoms with Gasteiger partial charge in [-0.3, -0.25) is 20.4 Å². The largest absolute Gasteiger partial charge is 0.346 e. The van der Waals surface area contributed by atoms with Crippen LogP contribution in [-0.4, -0.2) is 180 Å². The van der Waals surface area contributed by atoms with Gasteiger partial charge in [0.15, 0.2) is 0 Å². The van der Waals surface area contributed by atoms with Crippen molar-refractivity contribution < 1.29 is 55.6 Å². The summed E-state index contributed by atoms with van der Waals surface area (Å²) >= 11 is 0. The van der Waals surface area contributed by atoms with E-state index in [-0.39, 0.29) is 69.1 Å². The molecule has 28 nitrogen and oxygen atoms in total. The Hall–Kier alpha value is -12.2. The van der Waals surface area contributed by atoms with Crippen molar-refractivity contribution in [2.24, 2.45) is 23.7 Å². The maximum atomic E-state index is 14.2. The lowest BCUT2D eigenvalue weighted by Crippen LogP contribution is -2.34. The van der Waals surface area contributed by atoms with Gasteiger partial charge in [-0.1, -0.05) is 6.07 Å². The molecule has 16 aromatic rings. The minimum atomic E-state index is -4.14. The van der Waals surface area contributed by atoms with E-state index in [1.54, 1.807) is 61.5 Å². The van der Waals surface area contributed by atoms with Gasteiger partial charge in [-0.25, -0.2) is 75.6 Å². The van der Waals surface area contributed by atoms with E-state index in [2.05, 4.69) is 64.0 Å². The summed E-state index contributed by atoms with van der Waals surface area (Å²) in [5.74, 6) is -2.60. The van der Waals surface area contributed by atoms with Crippen LogP contribution in [0.25, 0.3) is 89.2 Å². The Balaban J connectivity index is 0.000000119. The molecule has 4 unspecified atom stereocenters. The lowest BCUT2D eigenvalue weighted by atomic mass is 10.1. The van der Waals surface area contributed by atoms with E-state index in [1.165, 1.54) is 73.6 Å². The number of aromatic nitrogens is 16. The molecule has 652 valence electrons. The first-order chi connectivity index (χ1) is 60.5. The van der Waals surface area contributed by atoms with Gasteiger partial charge in [0, 0.05) is 148 Å². The average Bonchev–Trinajstić information content (AvgIpc) is 1.82. The van der Waals surface area contributed by atoms with Crippen molar-refractivity contribution >= 4 is 84.2 Å². The molecule has 12 aromatic heterocycles. The first-order valence-electron chi connectivity index (χ1n) is 41.1. The predicted octanol–water partition coefficient (Wildman–Crippen LogP) is 15.1. The maximum absolute atomic E-state index is 14.2. The number of hydrogen-bond acceptors (Lipinski definition) is 16. The predicted molar refractivity (Wildman–Crippen MR) is 465 cm³/mol. The van der Waals surface area contributed by atoms with Crippen LogP contribution in [0.15, 0.2) is 252 Å². The normalized spacial score (nSPS) is 19.8. The third kappa shape index (κ3) is 17.8. The first kappa shape index (κ1) is 85.9. The van der Waals surface area contributed by atoms with Crippen LogP contribution in [0, 0.1) is 59.7 Å². The molecule has 4 aliphatic heterocycles. The van der Waals surface area contributed by atoms with Crippen molar-refractivity contribution in [2.45, 2.75) is 130 Å². The number of fused-ring (bicyclic) bond motifs is 4. The van der Waals surface area contributed by atoms with Crippen LogP contribution in [0.1, 0.15) is 58.9 Å². The number of nitrogens with zero attached hydrogens (tertiary/aromatic N) is 16. The summed E-state index contributed by atoms with van der Waals surface area (Å²) in [5, 5.41) is 27.0. The summed E-state index contributed by atoms with van der Waals surface area (Å²) in [5.41, 5.74) is 14.9. The van der Waals surface area contributed by atoms with Gasteiger partial charge in [0.2, 0.25) is 40.1 Å². The summed E-state index contributed by atoms with van der Waals surface area (Å²) in [7, 11) is -15.2. The number of halogens is 5. The van der Waals surface area contributed by atoms with Gasteiger partial charge in [-0.15, -0.1) is 0 Å². The summed E-state index contributed by atoms with van der Waals surface area (Å²) < 4.78 is 187. The van der Waals surface area contributed by atoms with Gasteiger partial charge in [0.05, 0.1) is 106 Å². The second kappa shape index (κ2) is 35.3. The van der Waals surface area contributed by atoms with E-state index in [4.69, 9.17) is 15.0 Å². The number of nitrogens with one attached hydrogen (secondary N) is 4. The van der Waals surface area contributed by atoms with Gasteiger partial charge in [0.1, 0.15) is 34.0 Å². The van der Waals surface area contributed by atoms with Crippen molar-refractivity contribution in [3.05, 3.63) is 267 Å². The molecule has 4 saturated heterocycles. The smallest absolute Gasteiger partial charge is 0.246 e. The molecular weight excluding hydrogens is 1700 g/mol. The molecule has 0 amide bonds. The first-order valence-corrected chi connectivity index (χ1v) is 46.8.